The Morgan fingerprint density at radius 1 is 0.972 bits per heavy atom. The number of nitrogens with zero attached hydrogens (tertiary/aromatic N) is 1. The Bertz CT molecular complexity index is 1170. The van der Waals surface area contributed by atoms with E-state index in [-0.39, 0.29) is 41.3 Å². The van der Waals surface area contributed by atoms with E-state index in [0.29, 0.717) is 30.0 Å². The number of piperidine rings is 1. The number of ketones is 2. The zero-order chi connectivity index (χ0) is 26.1. The van der Waals surface area contributed by atoms with Crippen LogP contribution in [-0.4, -0.2) is 61.0 Å². The van der Waals surface area contributed by atoms with Crippen molar-refractivity contribution in [2.75, 3.05) is 27.3 Å². The number of ether oxygens (including phenoxy) is 3. The van der Waals surface area contributed by atoms with Gasteiger partial charge in [-0.15, -0.1) is 0 Å². The molecule has 0 saturated carbocycles. The number of phenols is 1. The van der Waals surface area contributed by atoms with Crippen molar-refractivity contribution in [2.45, 2.75) is 25.3 Å². The Kier molecular flexibility index (Phi) is 9.24. The summed E-state index contributed by atoms with van der Waals surface area (Å²) in [4.78, 5) is 38.4. The molecule has 0 aliphatic carbocycles. The van der Waals surface area contributed by atoms with Gasteiger partial charge in [-0.1, -0.05) is 24.3 Å². The summed E-state index contributed by atoms with van der Waals surface area (Å²) in [5.41, 5.74) is 7.22. The van der Waals surface area contributed by atoms with Gasteiger partial charge in [-0.3, -0.25) is 9.59 Å². The summed E-state index contributed by atoms with van der Waals surface area (Å²) in [6, 6.07) is 9.50. The molecular formula is C27H30N2O7. The first kappa shape index (κ1) is 26.5. The molecule has 1 fully saturated rings. The molecule has 2 aromatic rings. The fraction of sp³-hybridized carbons (Fsp3) is 0.296. The first-order valence-electron chi connectivity index (χ1n) is 11.5. The third kappa shape index (κ3) is 7.44. The maximum Gasteiger partial charge on any atom is 0.415 e. The lowest BCUT2D eigenvalue weighted by atomic mass is 10.1. The molecule has 1 unspecified atom stereocenters. The van der Waals surface area contributed by atoms with E-state index in [1.165, 1.54) is 32.4 Å². The number of likely N-dealkylation sites (tertiary alicyclic amines) is 1. The molecule has 0 spiro atoms. The standard InChI is InChI=1S/C27H30N2O7/c1-34-25-14-18(7-11-23(25)32)5-9-21(30)16-22(31)10-6-19-8-12-24(26(15-19)35-2)36-27(33)29-13-3-4-20(28)17-29/h5-12,14-15,20,32H,3-4,13,16-17,28H2,1-2H3/b9-5+,10-6+. The molecular weight excluding hydrogens is 464 g/mol. The zero-order valence-electron chi connectivity index (χ0n) is 20.3. The van der Waals surface area contributed by atoms with E-state index >= 15 is 0 Å². The SMILES string of the molecule is COc1cc(/C=C/C(=O)CC(=O)/C=C/c2ccc(OC(=O)N3CCCC(N)C3)c(OC)c2)ccc1O. The molecule has 1 aliphatic rings. The number of hydrogen-bond acceptors (Lipinski definition) is 8. The highest BCUT2D eigenvalue weighted by Crippen LogP contribution is 2.30. The van der Waals surface area contributed by atoms with Crippen LogP contribution in [0.25, 0.3) is 12.2 Å². The lowest BCUT2D eigenvalue weighted by Crippen LogP contribution is -2.46. The minimum Gasteiger partial charge on any atom is -0.504 e. The Balaban J connectivity index is 1.57. The summed E-state index contributed by atoms with van der Waals surface area (Å²) < 4.78 is 15.9. The van der Waals surface area contributed by atoms with Crippen LogP contribution < -0.4 is 19.9 Å². The number of nitrogens with two attached hydrogens (primary N) is 1. The number of hydrogen-bond donors (Lipinski definition) is 2. The summed E-state index contributed by atoms with van der Waals surface area (Å²) in [5.74, 6) is 0.142. The summed E-state index contributed by atoms with van der Waals surface area (Å²) in [6.07, 6.45) is 6.64. The summed E-state index contributed by atoms with van der Waals surface area (Å²) in [5, 5.41) is 9.63. The molecule has 1 amide bonds. The Morgan fingerprint density at radius 3 is 2.19 bits per heavy atom. The quantitative estimate of drug-likeness (QED) is 0.400. The van der Waals surface area contributed by atoms with Crippen LogP contribution in [0, 0.1) is 0 Å². The normalized spacial score (nSPS) is 15.8. The number of phenolic OH excluding ortho intramolecular Hbond substituents is 1. The molecule has 2 aromatic carbocycles. The van der Waals surface area contributed by atoms with E-state index in [0.717, 1.165) is 12.8 Å². The van der Waals surface area contributed by atoms with Crippen molar-refractivity contribution in [3.63, 3.8) is 0 Å². The maximum absolute atomic E-state index is 12.5. The molecule has 3 N–H and O–H groups in total. The highest BCUT2D eigenvalue weighted by Gasteiger charge is 2.23. The molecule has 36 heavy (non-hydrogen) atoms. The van der Waals surface area contributed by atoms with E-state index in [2.05, 4.69) is 0 Å². The Morgan fingerprint density at radius 2 is 1.58 bits per heavy atom. The number of carbonyl (C=O) groups excluding carboxylic acids is 3. The van der Waals surface area contributed by atoms with Crippen molar-refractivity contribution in [1.29, 1.82) is 0 Å². The van der Waals surface area contributed by atoms with Gasteiger partial charge in [0.05, 0.1) is 20.6 Å². The molecule has 0 bridgehead atoms. The van der Waals surface area contributed by atoms with Gasteiger partial charge in [-0.25, -0.2) is 4.79 Å². The fourth-order valence-corrected chi connectivity index (χ4v) is 3.67. The summed E-state index contributed by atoms with van der Waals surface area (Å²) in [7, 11) is 2.89. The second-order valence-corrected chi connectivity index (χ2v) is 8.33. The molecule has 9 heteroatoms. The van der Waals surface area contributed by atoms with Crippen molar-refractivity contribution in [1.82, 2.24) is 4.90 Å². The van der Waals surface area contributed by atoms with Crippen LogP contribution in [-0.2, 0) is 9.59 Å². The monoisotopic (exact) mass is 494 g/mol. The van der Waals surface area contributed by atoms with Gasteiger partial charge in [0.25, 0.3) is 0 Å². The van der Waals surface area contributed by atoms with Crippen LogP contribution in [0.2, 0.25) is 0 Å². The van der Waals surface area contributed by atoms with E-state index < -0.39 is 6.09 Å². The summed E-state index contributed by atoms with van der Waals surface area (Å²) in [6.45, 7) is 1.04. The topological polar surface area (TPSA) is 128 Å². The average molecular weight is 495 g/mol. The smallest absolute Gasteiger partial charge is 0.415 e. The highest BCUT2D eigenvalue weighted by atomic mass is 16.6. The number of allylic oxidation sites excluding steroid dienone is 2. The Hall–Kier alpha value is -4.11. The van der Waals surface area contributed by atoms with Crippen LogP contribution in [0.5, 0.6) is 23.0 Å². The Labute approximate surface area is 209 Å². The van der Waals surface area contributed by atoms with Gasteiger partial charge in [-0.05, 0) is 60.4 Å². The zero-order valence-corrected chi connectivity index (χ0v) is 20.3. The first-order chi connectivity index (χ1) is 17.3. The van der Waals surface area contributed by atoms with Gasteiger partial charge >= 0.3 is 6.09 Å². The molecule has 1 atom stereocenters. The third-order valence-corrected chi connectivity index (χ3v) is 5.58. The largest absolute Gasteiger partial charge is 0.504 e. The lowest BCUT2D eigenvalue weighted by Gasteiger charge is -2.29. The van der Waals surface area contributed by atoms with E-state index in [1.54, 1.807) is 47.4 Å². The van der Waals surface area contributed by atoms with E-state index in [9.17, 15) is 19.5 Å². The second-order valence-electron chi connectivity index (χ2n) is 8.33. The van der Waals surface area contributed by atoms with Crippen molar-refractivity contribution < 1.29 is 33.7 Å². The number of methoxy groups -OCH3 is 2. The predicted molar refractivity (Wildman–Crippen MR) is 135 cm³/mol. The van der Waals surface area contributed by atoms with Gasteiger partial charge in [0, 0.05) is 19.1 Å². The van der Waals surface area contributed by atoms with Crippen LogP contribution in [0.1, 0.15) is 30.4 Å². The van der Waals surface area contributed by atoms with Crippen LogP contribution >= 0.6 is 0 Å². The number of amides is 1. The number of benzene rings is 2. The molecule has 1 aliphatic heterocycles. The van der Waals surface area contributed by atoms with Crippen molar-refractivity contribution >= 4 is 29.8 Å². The van der Waals surface area contributed by atoms with Crippen molar-refractivity contribution in [3.05, 3.63) is 59.7 Å². The molecule has 190 valence electrons. The van der Waals surface area contributed by atoms with Gasteiger partial charge in [0.15, 0.2) is 34.6 Å². The third-order valence-electron chi connectivity index (χ3n) is 5.58. The van der Waals surface area contributed by atoms with Gasteiger partial charge in [-0.2, -0.15) is 0 Å². The number of carbonyl (C=O) groups is 3. The van der Waals surface area contributed by atoms with Crippen molar-refractivity contribution in [2.24, 2.45) is 5.73 Å². The molecule has 0 aromatic heterocycles. The highest BCUT2D eigenvalue weighted by molar-refractivity contribution is 6.10. The minimum absolute atomic E-state index is 0.00384. The molecule has 1 heterocycles. The van der Waals surface area contributed by atoms with Gasteiger partial charge in [0.2, 0.25) is 0 Å². The van der Waals surface area contributed by atoms with Gasteiger partial charge < -0.3 is 30.0 Å². The average Bonchev–Trinajstić information content (AvgIpc) is 2.87. The first-order valence-corrected chi connectivity index (χ1v) is 11.5. The maximum atomic E-state index is 12.5. The minimum atomic E-state index is -0.487. The summed E-state index contributed by atoms with van der Waals surface area (Å²) >= 11 is 0. The number of aromatic hydroxyl groups is 1. The van der Waals surface area contributed by atoms with Crippen LogP contribution in [0.15, 0.2) is 48.6 Å². The second kappa shape index (κ2) is 12.6. The van der Waals surface area contributed by atoms with E-state index in [4.69, 9.17) is 19.9 Å². The van der Waals surface area contributed by atoms with Crippen molar-refractivity contribution in [3.8, 4) is 23.0 Å². The molecule has 1 saturated heterocycles. The lowest BCUT2D eigenvalue weighted by molar-refractivity contribution is -0.121. The molecule has 3 rings (SSSR count). The molecule has 0 radical (unpaired) electrons. The van der Waals surface area contributed by atoms with Gasteiger partial charge in [0.1, 0.15) is 0 Å². The fourth-order valence-electron chi connectivity index (χ4n) is 3.67. The van der Waals surface area contributed by atoms with Crippen LogP contribution in [0.4, 0.5) is 4.79 Å². The predicted octanol–water partition coefficient (Wildman–Crippen LogP) is 3.59. The van der Waals surface area contributed by atoms with E-state index in [1.807, 2.05) is 0 Å². The van der Waals surface area contributed by atoms with Crippen LogP contribution in [0.3, 0.4) is 0 Å². The molecule has 9 nitrogen and oxygen atoms in total. The number of rotatable bonds is 9.